The predicted molar refractivity (Wildman–Crippen MR) is 84.5 cm³/mol. The maximum absolute atomic E-state index is 15.1. The van der Waals surface area contributed by atoms with E-state index in [1.807, 2.05) is 0 Å². The highest BCUT2D eigenvalue weighted by Crippen LogP contribution is 2.40. The Morgan fingerprint density at radius 2 is 2.14 bits per heavy atom. The second-order valence-electron chi connectivity index (χ2n) is 6.21. The average Bonchev–Trinajstić information content (AvgIpc) is 3.07. The van der Waals surface area contributed by atoms with Gasteiger partial charge in [-0.3, -0.25) is 0 Å². The summed E-state index contributed by atoms with van der Waals surface area (Å²) < 4.78 is 48.4. The maximum atomic E-state index is 15.1. The summed E-state index contributed by atoms with van der Waals surface area (Å²) in [6.45, 7) is 1.02. The van der Waals surface area contributed by atoms with Gasteiger partial charge < -0.3 is 39.8 Å². The fraction of sp³-hybridized carbons (Fsp3) is 0.800. The smallest absolute Gasteiger partial charge is 0.408 e. The summed E-state index contributed by atoms with van der Waals surface area (Å²) in [6.07, 6.45) is -11.6. The molecule has 2 amide bonds. The monoisotopic (exact) mass is 412 g/mol. The van der Waals surface area contributed by atoms with Crippen LogP contribution in [0, 0.1) is 0 Å². The van der Waals surface area contributed by atoms with Gasteiger partial charge in [0.1, 0.15) is 18.2 Å². The quantitative estimate of drug-likeness (QED) is 0.301. The molecule has 2 rings (SSSR count). The Hall–Kier alpha value is -2.25. The Kier molecular flexibility index (Phi) is 6.96. The number of ether oxygens (including phenoxy) is 4. The summed E-state index contributed by atoms with van der Waals surface area (Å²) in [5.74, 6) is -5.46. The number of nitrogens with one attached hydrogen (secondary N) is 2. The minimum Gasteiger partial charge on any atom is -0.465 e. The van der Waals surface area contributed by atoms with Crippen LogP contribution in [0.2, 0.25) is 0 Å². The van der Waals surface area contributed by atoms with Gasteiger partial charge in [0.2, 0.25) is 6.17 Å². The van der Waals surface area contributed by atoms with Crippen molar-refractivity contribution in [1.29, 1.82) is 0 Å². The predicted octanol–water partition coefficient (Wildman–Crippen LogP) is -1.10. The first-order valence-electron chi connectivity index (χ1n) is 8.49. The summed E-state index contributed by atoms with van der Waals surface area (Å²) in [4.78, 5) is 35.2. The van der Waals surface area contributed by atoms with Gasteiger partial charge in [-0.15, -0.1) is 0 Å². The third-order valence-electron chi connectivity index (χ3n) is 4.30. The number of hydrogen-bond acceptors (Lipinski definition) is 9. The number of halogens is 2. The first-order valence-corrected chi connectivity index (χ1v) is 8.49. The van der Waals surface area contributed by atoms with Gasteiger partial charge >= 0.3 is 24.0 Å². The van der Waals surface area contributed by atoms with Crippen LogP contribution in [0.15, 0.2) is 0 Å². The van der Waals surface area contributed by atoms with E-state index in [0.717, 1.165) is 7.11 Å². The van der Waals surface area contributed by atoms with Gasteiger partial charge in [-0.2, -0.15) is 4.39 Å². The van der Waals surface area contributed by atoms with Crippen molar-refractivity contribution in [2.45, 2.75) is 55.8 Å². The zero-order valence-electron chi connectivity index (χ0n) is 15.1. The van der Waals surface area contributed by atoms with Crippen LogP contribution in [0.1, 0.15) is 13.3 Å². The van der Waals surface area contributed by atoms with Gasteiger partial charge in [-0.25, -0.2) is 18.8 Å². The van der Waals surface area contributed by atoms with E-state index in [0.29, 0.717) is 6.42 Å². The molecule has 0 bridgehead atoms. The fourth-order valence-corrected chi connectivity index (χ4v) is 2.94. The summed E-state index contributed by atoms with van der Waals surface area (Å²) in [7, 11) is 0.786. The average molecular weight is 412 g/mol. The van der Waals surface area contributed by atoms with Crippen molar-refractivity contribution in [3.63, 3.8) is 0 Å². The lowest BCUT2D eigenvalue weighted by atomic mass is 9.88. The lowest BCUT2D eigenvalue weighted by Crippen LogP contribution is -2.69. The lowest BCUT2D eigenvalue weighted by molar-refractivity contribution is -0.286. The standard InChI is InChI=1S/C15H22F2N2O9/c1-3-4-18-13(23)26-8(6(21)5-20)9-7-10(27-14(24)19-7)11(16)15(17,28-9)12(22)25-2/h6-11,20-21H,3-5H2,1-2H3,(H,18,23)(H,19,24)/t6-,7?,8-,9?,10?,11?,15?/m1/s1. The first-order chi connectivity index (χ1) is 13.2. The van der Waals surface area contributed by atoms with Crippen molar-refractivity contribution in [2.24, 2.45) is 0 Å². The zero-order chi connectivity index (χ0) is 21.1. The number of rotatable bonds is 7. The number of fused-ring (bicyclic) bond motifs is 1. The van der Waals surface area contributed by atoms with E-state index in [4.69, 9.17) is 9.47 Å². The molecule has 0 spiro atoms. The number of alkyl halides is 2. The molecule has 7 atom stereocenters. The number of methoxy groups -OCH3 is 1. The summed E-state index contributed by atoms with van der Waals surface area (Å²) >= 11 is 0. The molecule has 2 aliphatic heterocycles. The number of amides is 2. The van der Waals surface area contributed by atoms with E-state index in [2.05, 4.69) is 20.1 Å². The van der Waals surface area contributed by atoms with Crippen LogP contribution in [0.5, 0.6) is 0 Å². The van der Waals surface area contributed by atoms with Crippen LogP contribution in [0.4, 0.5) is 18.4 Å². The Morgan fingerprint density at radius 1 is 1.46 bits per heavy atom. The molecule has 28 heavy (non-hydrogen) atoms. The number of alkyl carbamates (subject to hydrolysis) is 2. The molecule has 0 aromatic heterocycles. The molecule has 0 aromatic carbocycles. The summed E-state index contributed by atoms with van der Waals surface area (Å²) in [5.41, 5.74) is 0. The van der Waals surface area contributed by atoms with E-state index in [1.54, 1.807) is 6.92 Å². The number of aliphatic hydroxyl groups excluding tert-OH is 2. The van der Waals surface area contributed by atoms with E-state index in [1.165, 1.54) is 0 Å². The Morgan fingerprint density at radius 3 is 2.71 bits per heavy atom. The molecular weight excluding hydrogens is 390 g/mol. The second kappa shape index (κ2) is 8.84. The largest absolute Gasteiger partial charge is 0.465 e. The number of carbonyl (C=O) groups excluding carboxylic acids is 3. The highest BCUT2D eigenvalue weighted by Gasteiger charge is 2.67. The van der Waals surface area contributed by atoms with Crippen LogP contribution in [0.25, 0.3) is 0 Å². The van der Waals surface area contributed by atoms with E-state index >= 15 is 4.39 Å². The molecule has 0 saturated carbocycles. The van der Waals surface area contributed by atoms with E-state index < -0.39 is 67.2 Å². The van der Waals surface area contributed by atoms with Crippen molar-refractivity contribution >= 4 is 18.2 Å². The number of hydrogen-bond donors (Lipinski definition) is 4. The number of carbonyl (C=O) groups is 3. The molecule has 0 aromatic rings. The Bertz CT molecular complexity index is 610. The minimum atomic E-state index is -3.70. The third-order valence-corrected chi connectivity index (χ3v) is 4.30. The van der Waals surface area contributed by atoms with Gasteiger partial charge in [0.25, 0.3) is 0 Å². The van der Waals surface area contributed by atoms with Gasteiger partial charge in [-0.1, -0.05) is 6.92 Å². The molecular formula is C15H22F2N2O9. The van der Waals surface area contributed by atoms with Gasteiger partial charge in [-0.05, 0) is 6.42 Å². The molecule has 0 aliphatic carbocycles. The molecule has 2 saturated heterocycles. The van der Waals surface area contributed by atoms with Crippen molar-refractivity contribution in [2.75, 3.05) is 20.3 Å². The van der Waals surface area contributed by atoms with Crippen LogP contribution < -0.4 is 10.6 Å². The molecule has 2 fully saturated rings. The van der Waals surface area contributed by atoms with Crippen LogP contribution in [0.3, 0.4) is 0 Å². The normalized spacial score (nSPS) is 33.7. The van der Waals surface area contributed by atoms with Gasteiger partial charge in [0.05, 0.1) is 13.7 Å². The van der Waals surface area contributed by atoms with Gasteiger partial charge in [0, 0.05) is 6.54 Å². The molecule has 2 aliphatic rings. The van der Waals surface area contributed by atoms with Crippen molar-refractivity contribution in [3.8, 4) is 0 Å². The Balaban J connectivity index is 2.36. The molecule has 11 nitrogen and oxygen atoms in total. The van der Waals surface area contributed by atoms with Crippen LogP contribution >= 0.6 is 0 Å². The molecule has 4 N–H and O–H groups in total. The summed E-state index contributed by atoms with van der Waals surface area (Å²) in [6, 6.07) is -1.43. The molecule has 2 heterocycles. The van der Waals surface area contributed by atoms with Gasteiger partial charge in [0.15, 0.2) is 12.2 Å². The van der Waals surface area contributed by atoms with Crippen LogP contribution in [-0.2, 0) is 23.7 Å². The fourth-order valence-electron chi connectivity index (χ4n) is 2.94. The summed E-state index contributed by atoms with van der Waals surface area (Å²) in [5, 5.41) is 23.8. The number of aliphatic hydroxyl groups is 2. The highest BCUT2D eigenvalue weighted by atomic mass is 19.2. The maximum Gasteiger partial charge on any atom is 0.408 e. The Labute approximate surface area is 158 Å². The lowest BCUT2D eigenvalue weighted by Gasteiger charge is -2.43. The number of esters is 1. The molecule has 13 heteroatoms. The zero-order valence-corrected chi connectivity index (χ0v) is 15.1. The molecule has 5 unspecified atom stereocenters. The minimum absolute atomic E-state index is 0.208. The molecule has 160 valence electrons. The SMILES string of the molecule is CCCNC(=O)O[C@@H](C1OC(F)(C(=O)OC)C(F)C2OC(=O)NC21)[C@H](O)CO. The topological polar surface area (TPSA) is 153 Å². The third kappa shape index (κ3) is 4.10. The van der Waals surface area contributed by atoms with Crippen molar-refractivity contribution in [1.82, 2.24) is 10.6 Å². The van der Waals surface area contributed by atoms with Crippen LogP contribution in [-0.4, -0.2) is 91.1 Å². The second-order valence-corrected chi connectivity index (χ2v) is 6.21. The van der Waals surface area contributed by atoms with E-state index in [-0.39, 0.29) is 6.54 Å². The van der Waals surface area contributed by atoms with Crippen molar-refractivity contribution in [3.05, 3.63) is 0 Å². The van der Waals surface area contributed by atoms with E-state index in [9.17, 15) is 29.0 Å². The van der Waals surface area contributed by atoms with Crippen molar-refractivity contribution < 1.29 is 52.3 Å². The highest BCUT2D eigenvalue weighted by molar-refractivity contribution is 5.79. The molecule has 0 radical (unpaired) electrons. The first kappa shape index (κ1) is 22.0.